The predicted octanol–water partition coefficient (Wildman–Crippen LogP) is 3.06. The minimum Gasteiger partial charge on any atom is -0.326 e. The van der Waals surface area contributed by atoms with Crippen molar-refractivity contribution in [2.75, 3.05) is 6.54 Å². The summed E-state index contributed by atoms with van der Waals surface area (Å²) in [5.41, 5.74) is 0.207. The second-order valence-corrected chi connectivity index (χ2v) is 5.39. The number of hydrogen-bond donors (Lipinski definition) is 0. The molecule has 0 radical (unpaired) electrons. The molecule has 0 spiro atoms. The number of halogens is 3. The number of alkyl halides is 3. The van der Waals surface area contributed by atoms with Gasteiger partial charge in [-0.1, -0.05) is 18.2 Å². The molecule has 2 bridgehead atoms. The van der Waals surface area contributed by atoms with Gasteiger partial charge in [-0.15, -0.1) is 0 Å². The molecule has 0 aromatic heterocycles. The Kier molecular flexibility index (Phi) is 4.34. The highest BCUT2D eigenvalue weighted by Crippen LogP contribution is 2.51. The fraction of sp³-hybridized carbons (Fsp3) is 0.467. The van der Waals surface area contributed by atoms with E-state index in [1.165, 1.54) is 0 Å². The van der Waals surface area contributed by atoms with Gasteiger partial charge in [-0.05, 0) is 37.8 Å². The van der Waals surface area contributed by atoms with E-state index in [9.17, 15) is 22.8 Å². The maximum atomic E-state index is 12.4. The zero-order valence-corrected chi connectivity index (χ0v) is 11.6. The second kappa shape index (κ2) is 5.87. The third kappa shape index (κ3) is 2.94. The van der Waals surface area contributed by atoms with Gasteiger partial charge in [0.2, 0.25) is 0 Å². The van der Waals surface area contributed by atoms with E-state index < -0.39 is 12.2 Å². The van der Waals surface area contributed by atoms with Gasteiger partial charge in [-0.25, -0.2) is 0 Å². The van der Waals surface area contributed by atoms with Gasteiger partial charge in [0.05, 0.1) is 0 Å². The molecule has 0 unspecified atom stereocenters. The molecule has 2 saturated heterocycles. The number of rotatable bonds is 2. The Balaban J connectivity index is 0.000000361. The highest BCUT2D eigenvalue weighted by atomic mass is 19.4. The van der Waals surface area contributed by atoms with Gasteiger partial charge in [-0.3, -0.25) is 9.59 Å². The summed E-state index contributed by atoms with van der Waals surface area (Å²) in [6.45, 7) is -1.32. The summed E-state index contributed by atoms with van der Waals surface area (Å²) in [6, 6.07) is 9.22. The first kappa shape index (κ1) is 15.5. The smallest absolute Gasteiger partial charge is 0.326 e. The monoisotopic (exact) mass is 299 g/mol. The Morgan fingerprint density at radius 1 is 1.19 bits per heavy atom. The van der Waals surface area contributed by atoms with Gasteiger partial charge in [0.25, 0.3) is 5.91 Å². The average molecular weight is 299 g/mol. The molecule has 3 aliphatic rings. The lowest BCUT2D eigenvalue weighted by atomic mass is 9.71. The molecule has 1 aromatic rings. The zero-order valence-electron chi connectivity index (χ0n) is 11.6. The van der Waals surface area contributed by atoms with Crippen LogP contribution in [0.1, 0.15) is 30.1 Å². The lowest BCUT2D eigenvalue weighted by Crippen LogP contribution is -2.53. The van der Waals surface area contributed by atoms with Crippen molar-refractivity contribution in [2.24, 2.45) is 5.92 Å². The first-order valence-corrected chi connectivity index (χ1v) is 6.67. The molecule has 114 valence electrons. The number of nitrogens with zero attached hydrogens (tertiary/aromatic N) is 1. The van der Waals surface area contributed by atoms with Crippen molar-refractivity contribution in [1.82, 2.24) is 4.90 Å². The molecule has 0 N–H and O–H groups in total. The fourth-order valence-electron chi connectivity index (χ4n) is 3.17. The highest BCUT2D eigenvalue weighted by molar-refractivity contribution is 6.00. The minimum atomic E-state index is -3.67. The van der Waals surface area contributed by atoms with Crippen LogP contribution in [0.25, 0.3) is 0 Å². The third-order valence-electron chi connectivity index (χ3n) is 4.13. The molecule has 2 heterocycles. The van der Waals surface area contributed by atoms with Gasteiger partial charge in [0.15, 0.2) is 5.78 Å². The van der Waals surface area contributed by atoms with Crippen molar-refractivity contribution in [2.45, 2.75) is 32.0 Å². The maximum Gasteiger partial charge on any atom is 0.379 e. The van der Waals surface area contributed by atoms with Gasteiger partial charge in [0, 0.05) is 12.1 Å². The summed E-state index contributed by atoms with van der Waals surface area (Å²) in [5.74, 6) is 0.669. The Morgan fingerprint density at radius 2 is 1.71 bits per heavy atom. The van der Waals surface area contributed by atoms with Crippen LogP contribution >= 0.6 is 0 Å². The SMILES string of the molecule is CC(=O)C12CC(CN1C(=O)c1ccccc1)C2.FC(F)F. The van der Waals surface area contributed by atoms with E-state index >= 15 is 0 Å². The van der Waals surface area contributed by atoms with Crippen molar-refractivity contribution in [1.29, 1.82) is 0 Å². The number of carbonyl (C=O) groups excluding carboxylic acids is 2. The van der Waals surface area contributed by atoms with Crippen molar-refractivity contribution in [3.63, 3.8) is 0 Å². The maximum absolute atomic E-state index is 12.4. The van der Waals surface area contributed by atoms with E-state index in [1.807, 2.05) is 30.3 Å². The second-order valence-electron chi connectivity index (χ2n) is 5.39. The Labute approximate surface area is 120 Å². The predicted molar refractivity (Wildman–Crippen MR) is 70.7 cm³/mol. The van der Waals surface area contributed by atoms with Gasteiger partial charge in [0.1, 0.15) is 5.54 Å². The quantitative estimate of drug-likeness (QED) is 0.841. The van der Waals surface area contributed by atoms with Gasteiger partial charge < -0.3 is 4.90 Å². The number of ketones is 1. The van der Waals surface area contributed by atoms with E-state index in [4.69, 9.17) is 0 Å². The lowest BCUT2D eigenvalue weighted by molar-refractivity contribution is -0.128. The molecule has 1 aromatic carbocycles. The van der Waals surface area contributed by atoms with Gasteiger partial charge >= 0.3 is 6.68 Å². The van der Waals surface area contributed by atoms with Crippen LogP contribution in [-0.2, 0) is 4.79 Å². The summed E-state index contributed by atoms with van der Waals surface area (Å²) in [7, 11) is 0. The highest BCUT2D eigenvalue weighted by Gasteiger charge is 2.60. The molecule has 0 atom stereocenters. The van der Waals surface area contributed by atoms with E-state index in [2.05, 4.69) is 0 Å². The third-order valence-corrected chi connectivity index (χ3v) is 4.13. The standard InChI is InChI=1S/C14H15NO2.CHF3/c1-10(16)14-7-11(8-14)9-15(14)13(17)12-5-3-2-4-6-12;2-1(3)4/h2-6,11H,7-9H2,1H3;1H. The number of carbonyl (C=O) groups is 2. The van der Waals surface area contributed by atoms with Crippen molar-refractivity contribution < 1.29 is 22.8 Å². The fourth-order valence-corrected chi connectivity index (χ4v) is 3.17. The molecular weight excluding hydrogens is 283 g/mol. The topological polar surface area (TPSA) is 37.4 Å². The van der Waals surface area contributed by atoms with Gasteiger partial charge in [-0.2, -0.15) is 13.2 Å². The van der Waals surface area contributed by atoms with Crippen molar-refractivity contribution in [3.05, 3.63) is 35.9 Å². The Morgan fingerprint density at radius 3 is 2.19 bits per heavy atom. The number of benzene rings is 1. The number of amides is 1. The molecule has 6 heteroatoms. The van der Waals surface area contributed by atoms with E-state index in [0.717, 1.165) is 19.4 Å². The molecule has 3 nitrogen and oxygen atoms in total. The van der Waals surface area contributed by atoms with Crippen LogP contribution in [0.5, 0.6) is 0 Å². The molecular formula is C15H16F3NO2. The molecule has 2 aliphatic heterocycles. The van der Waals surface area contributed by atoms with Crippen molar-refractivity contribution >= 4 is 11.7 Å². The number of hydrogen-bond acceptors (Lipinski definition) is 2. The van der Waals surface area contributed by atoms with Crippen LogP contribution in [-0.4, -0.2) is 35.4 Å². The van der Waals surface area contributed by atoms with E-state index in [-0.39, 0.29) is 11.7 Å². The largest absolute Gasteiger partial charge is 0.379 e. The normalized spacial score (nSPS) is 26.0. The summed E-state index contributed by atoms with van der Waals surface area (Å²) in [5, 5.41) is 0. The first-order valence-electron chi connectivity index (χ1n) is 6.67. The molecule has 4 rings (SSSR count). The summed E-state index contributed by atoms with van der Waals surface area (Å²) in [6.07, 6.45) is 1.72. The van der Waals surface area contributed by atoms with E-state index in [1.54, 1.807) is 11.8 Å². The first-order chi connectivity index (χ1) is 9.86. The number of fused-ring (bicyclic) bond motifs is 1. The molecule has 1 aliphatic carbocycles. The molecule has 21 heavy (non-hydrogen) atoms. The van der Waals surface area contributed by atoms with Crippen molar-refractivity contribution in [3.8, 4) is 0 Å². The van der Waals surface area contributed by atoms with Crippen LogP contribution in [0.15, 0.2) is 30.3 Å². The summed E-state index contributed by atoms with van der Waals surface area (Å²) >= 11 is 0. The van der Waals surface area contributed by atoms with E-state index in [0.29, 0.717) is 11.5 Å². The van der Waals surface area contributed by atoms with Crippen LogP contribution in [0.4, 0.5) is 13.2 Å². The van der Waals surface area contributed by atoms with Crippen LogP contribution in [0.2, 0.25) is 0 Å². The average Bonchev–Trinajstić information content (AvgIpc) is 2.94. The zero-order chi connectivity index (χ0) is 15.6. The Hall–Kier alpha value is -1.85. The molecule has 1 saturated carbocycles. The Bertz CT molecular complexity index is 524. The van der Waals surface area contributed by atoms with Crippen LogP contribution in [0.3, 0.4) is 0 Å². The minimum absolute atomic E-state index is 0.000741. The summed E-state index contributed by atoms with van der Waals surface area (Å²) < 4.78 is 29.0. The van der Waals surface area contributed by atoms with Crippen LogP contribution < -0.4 is 0 Å². The molecule has 3 fully saturated rings. The lowest BCUT2D eigenvalue weighted by Gasteiger charge is -2.39. The summed E-state index contributed by atoms with van der Waals surface area (Å²) in [4.78, 5) is 25.9. The van der Waals surface area contributed by atoms with Crippen LogP contribution in [0, 0.1) is 5.92 Å². The number of Topliss-reactive ketones (excluding diaryl/α,β-unsaturated/α-hetero) is 1. The molecule has 1 amide bonds.